The lowest BCUT2D eigenvalue weighted by Crippen LogP contribution is -2.44. The van der Waals surface area contributed by atoms with Crippen LogP contribution in [0.5, 0.6) is 11.5 Å². The van der Waals surface area contributed by atoms with Crippen LogP contribution in [0.4, 0.5) is 0 Å². The fourth-order valence-corrected chi connectivity index (χ4v) is 4.48. The Bertz CT molecular complexity index is 1220. The number of carbonyl (C=O) groups excluding carboxylic acids is 1. The van der Waals surface area contributed by atoms with Crippen LogP contribution in [0.3, 0.4) is 0 Å². The van der Waals surface area contributed by atoms with Crippen LogP contribution < -0.4 is 14.8 Å². The lowest BCUT2D eigenvalue weighted by atomic mass is 10.0. The molecule has 2 aromatic carbocycles. The number of H-pyrrole nitrogens is 1. The lowest BCUT2D eigenvalue weighted by Gasteiger charge is -2.35. The van der Waals surface area contributed by atoms with Crippen LogP contribution in [0.2, 0.25) is 0 Å². The summed E-state index contributed by atoms with van der Waals surface area (Å²) in [4.78, 5) is 15.4. The molecule has 1 aromatic heterocycles. The number of hydrogen-bond donors (Lipinski definition) is 2. The first-order chi connectivity index (χ1) is 17.0. The molecule has 0 bridgehead atoms. The van der Waals surface area contributed by atoms with E-state index in [1.165, 1.54) is 0 Å². The van der Waals surface area contributed by atoms with Gasteiger partial charge in [-0.15, -0.1) is 0 Å². The highest BCUT2D eigenvalue weighted by Gasteiger charge is 2.25. The zero-order chi connectivity index (χ0) is 24.8. The molecule has 10 heteroatoms. The summed E-state index contributed by atoms with van der Waals surface area (Å²) < 4.78 is 18.6. The second-order valence-corrected chi connectivity index (χ2v) is 8.78. The SMILES string of the molecule is COc1ccc([C@H](CNC(=O)Cn2c(-c3cccc(C)c3)n[nH]c2=S)N2CCOCC2)cc1OC. The van der Waals surface area contributed by atoms with Crippen LogP contribution >= 0.6 is 12.2 Å². The number of aryl methyl sites for hydroxylation is 1. The van der Waals surface area contributed by atoms with Gasteiger partial charge in [0.25, 0.3) is 0 Å². The molecular weight excluding hydrogens is 466 g/mol. The number of nitrogens with zero attached hydrogens (tertiary/aromatic N) is 3. The third kappa shape index (κ3) is 5.90. The molecule has 1 atom stereocenters. The summed E-state index contributed by atoms with van der Waals surface area (Å²) in [5.41, 5.74) is 3.04. The van der Waals surface area contributed by atoms with Crippen molar-refractivity contribution >= 4 is 18.1 Å². The molecule has 1 aliphatic heterocycles. The van der Waals surface area contributed by atoms with Gasteiger partial charge in [-0.25, -0.2) is 0 Å². The number of benzene rings is 2. The molecule has 0 unspecified atom stereocenters. The van der Waals surface area contributed by atoms with E-state index in [2.05, 4.69) is 20.4 Å². The summed E-state index contributed by atoms with van der Waals surface area (Å²) in [5.74, 6) is 1.81. The standard InChI is InChI=1S/C25H31N5O4S/c1-17-5-4-6-19(13-17)24-27-28-25(35)30(24)16-23(31)26-15-20(29-9-11-34-12-10-29)18-7-8-21(32-2)22(14-18)33-3/h4-8,13-14,20H,9-12,15-16H2,1-3H3,(H,26,31)(H,28,35)/t20-/m0/s1. The predicted octanol–water partition coefficient (Wildman–Crippen LogP) is 3.12. The number of nitrogens with one attached hydrogen (secondary N) is 2. The number of rotatable bonds is 9. The van der Waals surface area contributed by atoms with Crippen molar-refractivity contribution in [3.63, 3.8) is 0 Å². The van der Waals surface area contributed by atoms with Crippen LogP contribution in [0.15, 0.2) is 42.5 Å². The minimum Gasteiger partial charge on any atom is -0.493 e. The molecule has 9 nitrogen and oxygen atoms in total. The zero-order valence-corrected chi connectivity index (χ0v) is 21.1. The molecule has 1 amide bonds. The number of ether oxygens (including phenoxy) is 3. The number of amides is 1. The average Bonchev–Trinajstić information content (AvgIpc) is 3.24. The summed E-state index contributed by atoms with van der Waals surface area (Å²) >= 11 is 5.41. The first-order valence-corrected chi connectivity index (χ1v) is 11.9. The topological polar surface area (TPSA) is 93.6 Å². The molecule has 186 valence electrons. The molecule has 1 fully saturated rings. The van der Waals surface area contributed by atoms with Gasteiger partial charge in [-0.3, -0.25) is 19.4 Å². The van der Waals surface area contributed by atoms with E-state index in [1.807, 2.05) is 49.4 Å². The average molecular weight is 498 g/mol. The molecule has 0 aliphatic carbocycles. The number of carbonyl (C=O) groups is 1. The Kier molecular flexibility index (Phi) is 8.17. The third-order valence-corrected chi connectivity index (χ3v) is 6.42. The van der Waals surface area contributed by atoms with Crippen LogP contribution in [0.1, 0.15) is 17.2 Å². The Morgan fingerprint density at radius 3 is 2.66 bits per heavy atom. The van der Waals surface area contributed by atoms with Gasteiger partial charge in [-0.1, -0.05) is 29.8 Å². The van der Waals surface area contributed by atoms with Crippen LogP contribution in [-0.4, -0.2) is 72.6 Å². The van der Waals surface area contributed by atoms with E-state index in [1.54, 1.807) is 18.8 Å². The molecule has 4 rings (SSSR count). The number of aromatic nitrogens is 3. The van der Waals surface area contributed by atoms with Crippen molar-refractivity contribution in [2.24, 2.45) is 0 Å². The van der Waals surface area contributed by atoms with Gasteiger partial charge in [0.1, 0.15) is 6.54 Å². The minimum absolute atomic E-state index is 0.0452. The van der Waals surface area contributed by atoms with E-state index >= 15 is 0 Å². The first kappa shape index (κ1) is 24.9. The van der Waals surface area contributed by atoms with E-state index in [-0.39, 0.29) is 18.5 Å². The predicted molar refractivity (Wildman–Crippen MR) is 135 cm³/mol. The van der Waals surface area contributed by atoms with E-state index in [0.29, 0.717) is 41.9 Å². The number of morpholine rings is 1. The van der Waals surface area contributed by atoms with E-state index < -0.39 is 0 Å². The quantitative estimate of drug-likeness (QED) is 0.439. The minimum atomic E-state index is -0.143. The van der Waals surface area contributed by atoms with Gasteiger partial charge in [-0.05, 0) is 42.9 Å². The Morgan fingerprint density at radius 2 is 1.94 bits per heavy atom. The van der Waals surface area contributed by atoms with E-state index in [0.717, 1.165) is 29.8 Å². The van der Waals surface area contributed by atoms with Gasteiger partial charge in [0.2, 0.25) is 5.91 Å². The van der Waals surface area contributed by atoms with Gasteiger partial charge >= 0.3 is 0 Å². The van der Waals surface area contributed by atoms with Gasteiger partial charge < -0.3 is 19.5 Å². The van der Waals surface area contributed by atoms with Crippen LogP contribution in [-0.2, 0) is 16.1 Å². The van der Waals surface area contributed by atoms with Crippen molar-refractivity contribution in [3.8, 4) is 22.9 Å². The normalized spacial score (nSPS) is 14.9. The monoisotopic (exact) mass is 497 g/mol. The van der Waals surface area contributed by atoms with Crippen LogP contribution in [0.25, 0.3) is 11.4 Å². The fourth-order valence-electron chi connectivity index (χ4n) is 4.29. The molecule has 0 radical (unpaired) electrons. The van der Waals surface area contributed by atoms with Crippen molar-refractivity contribution in [3.05, 3.63) is 58.4 Å². The van der Waals surface area contributed by atoms with Crippen molar-refractivity contribution in [1.82, 2.24) is 25.0 Å². The Balaban J connectivity index is 1.51. The summed E-state index contributed by atoms with van der Waals surface area (Å²) in [6, 6.07) is 13.8. The lowest BCUT2D eigenvalue weighted by molar-refractivity contribution is -0.122. The highest BCUT2D eigenvalue weighted by Crippen LogP contribution is 2.32. The Labute approximate surface area is 210 Å². The van der Waals surface area contributed by atoms with Gasteiger partial charge in [0, 0.05) is 25.2 Å². The van der Waals surface area contributed by atoms with Gasteiger partial charge in [0.15, 0.2) is 22.1 Å². The molecule has 0 saturated carbocycles. The van der Waals surface area contributed by atoms with Crippen molar-refractivity contribution in [2.75, 3.05) is 47.1 Å². The Morgan fingerprint density at radius 1 is 1.17 bits per heavy atom. The van der Waals surface area contributed by atoms with E-state index in [4.69, 9.17) is 26.4 Å². The highest BCUT2D eigenvalue weighted by atomic mass is 32.1. The number of methoxy groups -OCH3 is 2. The van der Waals surface area contributed by atoms with Crippen LogP contribution in [0, 0.1) is 11.7 Å². The Hall–Kier alpha value is -3.21. The molecule has 2 N–H and O–H groups in total. The smallest absolute Gasteiger partial charge is 0.240 e. The molecule has 1 aliphatic rings. The van der Waals surface area contributed by atoms with Crippen molar-refractivity contribution in [2.45, 2.75) is 19.5 Å². The summed E-state index contributed by atoms with van der Waals surface area (Å²) in [6.45, 7) is 5.38. The highest BCUT2D eigenvalue weighted by molar-refractivity contribution is 7.71. The largest absolute Gasteiger partial charge is 0.493 e. The molecule has 2 heterocycles. The number of hydrogen-bond acceptors (Lipinski definition) is 7. The maximum Gasteiger partial charge on any atom is 0.240 e. The molecule has 0 spiro atoms. The van der Waals surface area contributed by atoms with E-state index in [9.17, 15) is 4.79 Å². The maximum absolute atomic E-state index is 13.0. The molecule has 35 heavy (non-hydrogen) atoms. The summed E-state index contributed by atoms with van der Waals surface area (Å²) in [7, 11) is 3.23. The first-order valence-electron chi connectivity index (χ1n) is 11.5. The fraction of sp³-hybridized carbons (Fsp3) is 0.400. The third-order valence-electron chi connectivity index (χ3n) is 6.11. The number of aromatic amines is 1. The van der Waals surface area contributed by atoms with Crippen molar-refractivity contribution < 1.29 is 19.0 Å². The van der Waals surface area contributed by atoms with Crippen molar-refractivity contribution in [1.29, 1.82) is 0 Å². The maximum atomic E-state index is 13.0. The molecule has 3 aromatic rings. The van der Waals surface area contributed by atoms with Gasteiger partial charge in [0.05, 0.1) is 33.5 Å². The molecule has 1 saturated heterocycles. The van der Waals surface area contributed by atoms with Gasteiger partial charge in [-0.2, -0.15) is 5.10 Å². The second-order valence-electron chi connectivity index (χ2n) is 8.39. The summed E-state index contributed by atoms with van der Waals surface area (Å²) in [5, 5.41) is 10.3. The summed E-state index contributed by atoms with van der Waals surface area (Å²) in [6.07, 6.45) is 0. The zero-order valence-electron chi connectivity index (χ0n) is 20.2. The molecular formula is C25H31N5O4S. The second kappa shape index (κ2) is 11.5.